The van der Waals surface area contributed by atoms with Gasteiger partial charge in [-0.15, -0.1) is 11.3 Å². The maximum Gasteiger partial charge on any atom is 0.418 e. The van der Waals surface area contributed by atoms with Crippen LogP contribution < -0.4 is 10.2 Å². The van der Waals surface area contributed by atoms with Crippen LogP contribution in [0.4, 0.5) is 18.9 Å². The van der Waals surface area contributed by atoms with Gasteiger partial charge < -0.3 is 10.2 Å². The van der Waals surface area contributed by atoms with Gasteiger partial charge in [0.25, 0.3) is 0 Å². The summed E-state index contributed by atoms with van der Waals surface area (Å²) in [6.07, 6.45) is -4.02. The second-order valence-electron chi connectivity index (χ2n) is 5.21. The standard InChI is InChI=1S/C15H14F3N3OS/c16-15(17,18)11-3-1-2-4-13(11)21-6-5-12(14(21)22)19-7-10-8-23-9-20-10/h1-4,8-9,12,19H,5-7H2/t12-/m0/s1. The van der Waals surface area contributed by atoms with Gasteiger partial charge in [-0.05, 0) is 18.6 Å². The van der Waals surface area contributed by atoms with E-state index in [1.807, 2.05) is 5.38 Å². The van der Waals surface area contributed by atoms with Crippen molar-refractivity contribution >= 4 is 22.9 Å². The van der Waals surface area contributed by atoms with Gasteiger partial charge >= 0.3 is 6.18 Å². The summed E-state index contributed by atoms with van der Waals surface area (Å²) in [5.41, 5.74) is 1.65. The first-order chi connectivity index (χ1) is 11.0. The van der Waals surface area contributed by atoms with Gasteiger partial charge in [0.15, 0.2) is 0 Å². The van der Waals surface area contributed by atoms with E-state index in [-0.39, 0.29) is 18.1 Å². The number of nitrogens with zero attached hydrogens (tertiary/aromatic N) is 2. The third-order valence-corrected chi connectivity index (χ3v) is 4.35. The van der Waals surface area contributed by atoms with Crippen LogP contribution in [-0.2, 0) is 17.5 Å². The molecule has 1 saturated heterocycles. The van der Waals surface area contributed by atoms with Crippen molar-refractivity contribution in [1.82, 2.24) is 10.3 Å². The lowest BCUT2D eigenvalue weighted by molar-refractivity contribution is -0.137. The summed E-state index contributed by atoms with van der Waals surface area (Å²) in [5.74, 6) is -0.336. The van der Waals surface area contributed by atoms with Crippen LogP contribution in [0.5, 0.6) is 0 Å². The maximum absolute atomic E-state index is 13.1. The highest BCUT2D eigenvalue weighted by molar-refractivity contribution is 7.07. The number of hydrogen-bond donors (Lipinski definition) is 1. The molecule has 1 fully saturated rings. The third kappa shape index (κ3) is 3.37. The van der Waals surface area contributed by atoms with Gasteiger partial charge in [-0.2, -0.15) is 13.2 Å². The molecule has 1 N–H and O–H groups in total. The number of benzene rings is 1. The Hall–Kier alpha value is -1.93. The molecule has 3 rings (SSSR count). The van der Waals surface area contributed by atoms with E-state index in [9.17, 15) is 18.0 Å². The summed E-state index contributed by atoms with van der Waals surface area (Å²) in [6.45, 7) is 0.690. The minimum Gasteiger partial charge on any atom is -0.310 e. The average Bonchev–Trinajstić information content (AvgIpc) is 3.14. The highest BCUT2D eigenvalue weighted by Gasteiger charge is 2.39. The van der Waals surface area contributed by atoms with Gasteiger partial charge in [-0.1, -0.05) is 12.1 Å². The van der Waals surface area contributed by atoms with E-state index in [4.69, 9.17) is 0 Å². The van der Waals surface area contributed by atoms with Crippen LogP contribution in [0.2, 0.25) is 0 Å². The Balaban J connectivity index is 1.74. The molecule has 23 heavy (non-hydrogen) atoms. The van der Waals surface area contributed by atoms with Crippen molar-refractivity contribution in [2.24, 2.45) is 0 Å². The Kier molecular flexibility index (Phi) is 4.36. The number of hydrogen-bond acceptors (Lipinski definition) is 4. The first-order valence-electron chi connectivity index (χ1n) is 7.05. The highest BCUT2D eigenvalue weighted by atomic mass is 32.1. The molecule has 2 aromatic rings. The first kappa shape index (κ1) is 15.9. The second kappa shape index (κ2) is 6.29. The minimum absolute atomic E-state index is 0.0806. The molecule has 0 saturated carbocycles. The summed E-state index contributed by atoms with van der Waals surface area (Å²) in [4.78, 5) is 17.7. The summed E-state index contributed by atoms with van der Waals surface area (Å²) >= 11 is 1.45. The normalized spacial score (nSPS) is 18.7. The van der Waals surface area contributed by atoms with Crippen molar-refractivity contribution in [3.63, 3.8) is 0 Å². The fraction of sp³-hybridized carbons (Fsp3) is 0.333. The topological polar surface area (TPSA) is 45.2 Å². The molecule has 1 aliphatic heterocycles. The predicted molar refractivity (Wildman–Crippen MR) is 81.2 cm³/mol. The summed E-state index contributed by atoms with van der Waals surface area (Å²) in [6, 6.07) is 4.68. The van der Waals surface area contributed by atoms with E-state index in [1.165, 1.54) is 34.4 Å². The fourth-order valence-corrected chi connectivity index (χ4v) is 3.17. The molecule has 8 heteroatoms. The monoisotopic (exact) mass is 341 g/mol. The minimum atomic E-state index is -4.48. The Morgan fingerprint density at radius 2 is 2.13 bits per heavy atom. The quantitative estimate of drug-likeness (QED) is 0.930. The maximum atomic E-state index is 13.1. The summed E-state index contributed by atoms with van der Waals surface area (Å²) in [5, 5.41) is 4.93. The number of aromatic nitrogens is 1. The molecule has 0 spiro atoms. The molecule has 122 valence electrons. The largest absolute Gasteiger partial charge is 0.418 e. The lowest BCUT2D eigenvalue weighted by Crippen LogP contribution is -2.38. The predicted octanol–water partition coefficient (Wildman–Crippen LogP) is 3.06. The molecular formula is C15H14F3N3OS. The summed E-state index contributed by atoms with van der Waals surface area (Å²) in [7, 11) is 0. The number of carbonyl (C=O) groups excluding carboxylic acids is 1. The van der Waals surface area contributed by atoms with Crippen molar-refractivity contribution in [2.75, 3.05) is 11.4 Å². The number of rotatable bonds is 4. The van der Waals surface area contributed by atoms with E-state index < -0.39 is 17.8 Å². The van der Waals surface area contributed by atoms with Crippen molar-refractivity contribution in [2.45, 2.75) is 25.2 Å². The number of alkyl halides is 3. The van der Waals surface area contributed by atoms with Crippen LogP contribution >= 0.6 is 11.3 Å². The zero-order chi connectivity index (χ0) is 16.4. The van der Waals surface area contributed by atoms with Crippen LogP contribution in [0.1, 0.15) is 17.7 Å². The zero-order valence-electron chi connectivity index (χ0n) is 12.0. The highest BCUT2D eigenvalue weighted by Crippen LogP contribution is 2.37. The molecule has 1 amide bonds. The first-order valence-corrected chi connectivity index (χ1v) is 7.99. The number of amides is 1. The van der Waals surface area contributed by atoms with Crippen molar-refractivity contribution in [1.29, 1.82) is 0 Å². The van der Waals surface area contributed by atoms with Gasteiger partial charge in [0.2, 0.25) is 5.91 Å². The molecule has 1 atom stereocenters. The molecule has 1 aromatic carbocycles. The van der Waals surface area contributed by atoms with E-state index in [2.05, 4.69) is 10.3 Å². The van der Waals surface area contributed by atoms with Crippen LogP contribution in [0.3, 0.4) is 0 Å². The zero-order valence-corrected chi connectivity index (χ0v) is 12.8. The lowest BCUT2D eigenvalue weighted by Gasteiger charge is -2.21. The summed E-state index contributed by atoms with van der Waals surface area (Å²) < 4.78 is 39.3. The number of halogens is 3. The smallest absolute Gasteiger partial charge is 0.310 e. The molecule has 0 aliphatic carbocycles. The van der Waals surface area contributed by atoms with Crippen molar-refractivity contribution in [3.8, 4) is 0 Å². The van der Waals surface area contributed by atoms with Crippen LogP contribution in [0.15, 0.2) is 35.2 Å². The van der Waals surface area contributed by atoms with Crippen LogP contribution in [0.25, 0.3) is 0 Å². The number of nitrogens with one attached hydrogen (secondary N) is 1. The van der Waals surface area contributed by atoms with Gasteiger partial charge in [-0.3, -0.25) is 4.79 Å². The van der Waals surface area contributed by atoms with Gasteiger partial charge in [0.1, 0.15) is 0 Å². The molecule has 4 nitrogen and oxygen atoms in total. The molecule has 2 heterocycles. The Labute approximate surface area is 135 Å². The number of para-hydroxylation sites is 1. The van der Waals surface area contributed by atoms with Crippen LogP contribution in [0, 0.1) is 0 Å². The molecule has 0 radical (unpaired) electrons. The molecular weight excluding hydrogens is 327 g/mol. The molecule has 1 aliphatic rings. The average molecular weight is 341 g/mol. The van der Waals surface area contributed by atoms with Crippen molar-refractivity contribution < 1.29 is 18.0 Å². The number of carbonyl (C=O) groups is 1. The number of thiazole rings is 1. The van der Waals surface area contributed by atoms with E-state index >= 15 is 0 Å². The Morgan fingerprint density at radius 1 is 1.35 bits per heavy atom. The van der Waals surface area contributed by atoms with Crippen molar-refractivity contribution in [3.05, 3.63) is 46.4 Å². The van der Waals surface area contributed by atoms with Gasteiger partial charge in [-0.25, -0.2) is 4.98 Å². The molecule has 1 aromatic heterocycles. The third-order valence-electron chi connectivity index (χ3n) is 3.72. The van der Waals surface area contributed by atoms with Gasteiger partial charge in [0.05, 0.1) is 28.5 Å². The Morgan fingerprint density at radius 3 is 2.83 bits per heavy atom. The number of anilines is 1. The van der Waals surface area contributed by atoms with Crippen LogP contribution in [-0.4, -0.2) is 23.5 Å². The molecule has 0 bridgehead atoms. The fourth-order valence-electron chi connectivity index (χ4n) is 2.61. The van der Waals surface area contributed by atoms with E-state index in [1.54, 1.807) is 5.51 Å². The van der Waals surface area contributed by atoms with Gasteiger partial charge in [0, 0.05) is 18.5 Å². The molecule has 0 unspecified atom stereocenters. The Bertz CT molecular complexity index is 688. The SMILES string of the molecule is O=C1[C@@H](NCc2cscn2)CCN1c1ccccc1C(F)(F)F. The van der Waals surface area contributed by atoms with E-state index in [0.29, 0.717) is 13.0 Å². The second-order valence-corrected chi connectivity index (χ2v) is 5.93. The lowest BCUT2D eigenvalue weighted by atomic mass is 10.1. The van der Waals surface area contributed by atoms with E-state index in [0.717, 1.165) is 11.8 Å².